The predicted octanol–water partition coefficient (Wildman–Crippen LogP) is 4.70. The van der Waals surface area contributed by atoms with Gasteiger partial charge in [0.25, 0.3) is 5.91 Å². The lowest BCUT2D eigenvalue weighted by molar-refractivity contribution is -0.116. The Morgan fingerprint density at radius 2 is 1.71 bits per heavy atom. The summed E-state index contributed by atoms with van der Waals surface area (Å²) in [6, 6.07) is 18.0. The number of furan rings is 1. The molecule has 1 N–H and O–H groups in total. The molecule has 1 aromatic heterocycles. The van der Waals surface area contributed by atoms with Gasteiger partial charge >= 0.3 is 0 Å². The smallest absolute Gasteiger partial charge is 0.291 e. The first-order valence-electron chi connectivity index (χ1n) is 8.55. The van der Waals surface area contributed by atoms with Crippen molar-refractivity contribution in [2.75, 3.05) is 17.3 Å². The topological polar surface area (TPSA) is 71.8 Å². The van der Waals surface area contributed by atoms with E-state index >= 15 is 0 Å². The molecular weight excluding hydrogens is 471 g/mol. The van der Waals surface area contributed by atoms with Crippen LogP contribution in [-0.4, -0.2) is 18.9 Å². The molecule has 0 fully saturated rings. The number of ether oxygens (including phenoxy) is 1. The Labute approximate surface area is 176 Å². The number of carbonyl (C=O) groups excluding carboxylic acids is 2. The van der Waals surface area contributed by atoms with Crippen molar-refractivity contribution >= 4 is 45.8 Å². The highest BCUT2D eigenvalue weighted by Gasteiger charge is 2.12. The Morgan fingerprint density at radius 3 is 2.36 bits per heavy atom. The maximum atomic E-state index is 12.4. The van der Waals surface area contributed by atoms with Crippen LogP contribution in [-0.2, 0) is 11.4 Å². The third kappa shape index (κ3) is 5.13. The molecule has 0 aliphatic carbocycles. The van der Waals surface area contributed by atoms with Gasteiger partial charge in [0.05, 0.1) is 0 Å². The summed E-state index contributed by atoms with van der Waals surface area (Å²) in [7, 11) is 1.69. The van der Waals surface area contributed by atoms with Gasteiger partial charge < -0.3 is 19.4 Å². The van der Waals surface area contributed by atoms with Gasteiger partial charge in [-0.05, 0) is 83.3 Å². The summed E-state index contributed by atoms with van der Waals surface area (Å²) in [5.41, 5.74) is 1.36. The fourth-order valence-corrected chi connectivity index (χ4v) is 2.77. The molecule has 28 heavy (non-hydrogen) atoms. The minimum Gasteiger partial charge on any atom is -0.486 e. The summed E-state index contributed by atoms with van der Waals surface area (Å²) < 4.78 is 12.3. The van der Waals surface area contributed by atoms with Crippen LogP contribution >= 0.6 is 22.6 Å². The molecule has 3 aromatic rings. The third-order valence-corrected chi connectivity index (χ3v) is 4.78. The van der Waals surface area contributed by atoms with Gasteiger partial charge in [0.15, 0.2) is 5.76 Å². The van der Waals surface area contributed by atoms with Gasteiger partial charge in [0.1, 0.15) is 18.1 Å². The molecule has 0 radical (unpaired) electrons. The number of halogens is 1. The molecule has 0 aliphatic rings. The van der Waals surface area contributed by atoms with E-state index < -0.39 is 0 Å². The first kappa shape index (κ1) is 19.9. The van der Waals surface area contributed by atoms with Crippen molar-refractivity contribution < 1.29 is 18.7 Å². The number of hydrogen-bond donors (Lipinski definition) is 1. The van der Waals surface area contributed by atoms with E-state index in [4.69, 9.17) is 9.15 Å². The van der Waals surface area contributed by atoms with Gasteiger partial charge in [-0.25, -0.2) is 0 Å². The van der Waals surface area contributed by atoms with Crippen LogP contribution < -0.4 is 15.0 Å². The second-order valence-electron chi connectivity index (χ2n) is 6.09. The van der Waals surface area contributed by atoms with Gasteiger partial charge in [-0.2, -0.15) is 0 Å². The second kappa shape index (κ2) is 8.92. The van der Waals surface area contributed by atoms with Crippen molar-refractivity contribution in [3.63, 3.8) is 0 Å². The second-order valence-corrected chi connectivity index (χ2v) is 7.33. The van der Waals surface area contributed by atoms with E-state index in [1.165, 1.54) is 11.8 Å². The summed E-state index contributed by atoms with van der Waals surface area (Å²) in [5, 5.41) is 2.77. The van der Waals surface area contributed by atoms with Crippen molar-refractivity contribution in [2.45, 2.75) is 13.5 Å². The normalized spacial score (nSPS) is 10.4. The molecular formula is C21H19IN2O4. The number of hydrogen-bond acceptors (Lipinski definition) is 4. The monoisotopic (exact) mass is 490 g/mol. The summed E-state index contributed by atoms with van der Waals surface area (Å²) >= 11 is 2.23. The zero-order valence-electron chi connectivity index (χ0n) is 15.4. The minimum atomic E-state index is -0.354. The molecule has 0 spiro atoms. The minimum absolute atomic E-state index is 0.0626. The first-order valence-corrected chi connectivity index (χ1v) is 9.63. The van der Waals surface area contributed by atoms with E-state index in [1.54, 1.807) is 43.4 Å². The number of anilines is 2. The first-order chi connectivity index (χ1) is 13.4. The van der Waals surface area contributed by atoms with Crippen LogP contribution in [0.1, 0.15) is 23.2 Å². The van der Waals surface area contributed by atoms with Gasteiger partial charge in [-0.15, -0.1) is 0 Å². The van der Waals surface area contributed by atoms with Crippen LogP contribution in [0.5, 0.6) is 5.75 Å². The molecule has 0 bridgehead atoms. The van der Waals surface area contributed by atoms with E-state index in [-0.39, 0.29) is 24.2 Å². The molecule has 6 nitrogen and oxygen atoms in total. The lowest BCUT2D eigenvalue weighted by Crippen LogP contribution is -2.22. The van der Waals surface area contributed by atoms with Crippen LogP contribution in [0.15, 0.2) is 65.1 Å². The van der Waals surface area contributed by atoms with E-state index in [2.05, 4.69) is 27.9 Å². The number of benzene rings is 2. The maximum Gasteiger partial charge on any atom is 0.291 e. The molecule has 144 valence electrons. The summed E-state index contributed by atoms with van der Waals surface area (Å²) in [6.45, 7) is 1.73. The van der Waals surface area contributed by atoms with Crippen LogP contribution in [0.4, 0.5) is 11.4 Å². The highest BCUT2D eigenvalue weighted by molar-refractivity contribution is 14.1. The Morgan fingerprint density at radius 1 is 1.04 bits per heavy atom. The molecule has 2 amide bonds. The Kier molecular flexibility index (Phi) is 6.35. The van der Waals surface area contributed by atoms with E-state index in [0.717, 1.165) is 15.0 Å². The van der Waals surface area contributed by atoms with Crippen molar-refractivity contribution in [1.29, 1.82) is 0 Å². The molecule has 3 rings (SSSR count). The van der Waals surface area contributed by atoms with Crippen LogP contribution in [0, 0.1) is 3.57 Å². The molecule has 0 unspecified atom stereocenters. The third-order valence-electron chi connectivity index (χ3n) is 4.06. The lowest BCUT2D eigenvalue weighted by atomic mass is 10.2. The largest absolute Gasteiger partial charge is 0.486 e. The zero-order valence-corrected chi connectivity index (χ0v) is 17.6. The van der Waals surface area contributed by atoms with Gasteiger partial charge in [-0.1, -0.05) is 0 Å². The van der Waals surface area contributed by atoms with Crippen LogP contribution in [0.25, 0.3) is 0 Å². The number of rotatable bonds is 6. The number of carbonyl (C=O) groups is 2. The SMILES string of the molecule is CC(=O)N(C)c1ccc(NC(=O)c2ccc(COc3ccc(I)cc3)o2)cc1. The van der Waals surface area contributed by atoms with Gasteiger partial charge in [0, 0.05) is 28.9 Å². The fourth-order valence-electron chi connectivity index (χ4n) is 2.41. The number of amides is 2. The Balaban J connectivity index is 1.57. The number of nitrogens with zero attached hydrogens (tertiary/aromatic N) is 1. The average molecular weight is 490 g/mol. The summed E-state index contributed by atoms with van der Waals surface area (Å²) in [6.07, 6.45) is 0. The van der Waals surface area contributed by atoms with Crippen molar-refractivity contribution in [3.8, 4) is 5.75 Å². The average Bonchev–Trinajstić information content (AvgIpc) is 3.17. The highest BCUT2D eigenvalue weighted by Crippen LogP contribution is 2.19. The number of nitrogens with one attached hydrogen (secondary N) is 1. The zero-order chi connectivity index (χ0) is 20.1. The van der Waals surface area contributed by atoms with E-state index in [9.17, 15) is 9.59 Å². The van der Waals surface area contributed by atoms with Crippen LogP contribution in [0.2, 0.25) is 0 Å². The van der Waals surface area contributed by atoms with Crippen molar-refractivity contribution in [2.24, 2.45) is 0 Å². The Bertz CT molecular complexity index is 965. The van der Waals surface area contributed by atoms with Crippen molar-refractivity contribution in [1.82, 2.24) is 0 Å². The predicted molar refractivity (Wildman–Crippen MR) is 116 cm³/mol. The van der Waals surface area contributed by atoms with Gasteiger partial charge in [-0.3, -0.25) is 9.59 Å². The van der Waals surface area contributed by atoms with Crippen LogP contribution in [0.3, 0.4) is 0 Å². The van der Waals surface area contributed by atoms with E-state index in [0.29, 0.717) is 11.4 Å². The molecule has 0 saturated carbocycles. The summed E-state index contributed by atoms with van der Waals surface area (Å²) in [4.78, 5) is 25.3. The van der Waals surface area contributed by atoms with Gasteiger partial charge in [0.2, 0.25) is 5.91 Å². The molecule has 0 aliphatic heterocycles. The lowest BCUT2D eigenvalue weighted by Gasteiger charge is -2.15. The maximum absolute atomic E-state index is 12.4. The molecule has 2 aromatic carbocycles. The molecule has 7 heteroatoms. The van der Waals surface area contributed by atoms with Crippen molar-refractivity contribution in [3.05, 3.63) is 75.8 Å². The van der Waals surface area contributed by atoms with E-state index in [1.807, 2.05) is 24.3 Å². The molecule has 0 atom stereocenters. The highest BCUT2D eigenvalue weighted by atomic mass is 127. The molecule has 0 saturated heterocycles. The fraction of sp³-hybridized carbons (Fsp3) is 0.143. The standard InChI is InChI=1S/C21H19IN2O4/c1-14(25)24(2)17-7-5-16(6-8-17)23-21(26)20-12-11-19(28-20)13-27-18-9-3-15(22)4-10-18/h3-12H,13H2,1-2H3,(H,23,26). The summed E-state index contributed by atoms with van der Waals surface area (Å²) in [5.74, 6) is 1.08. The Hall–Kier alpha value is -2.81. The quantitative estimate of drug-likeness (QED) is 0.509. The molecule has 1 heterocycles.